The molecule has 0 rings (SSSR count). The molecule has 0 amide bonds. The molecule has 2 nitrogen and oxygen atoms in total. The average molecular weight is 288 g/mol. The Labute approximate surface area is 106 Å². The Kier molecular flexibility index (Phi) is 22.5. The number of rotatable bonds is 0. The van der Waals surface area contributed by atoms with Gasteiger partial charge in [-0.3, -0.25) is 0 Å². The third-order valence-electron chi connectivity index (χ3n) is 0. The fourth-order valence-corrected chi connectivity index (χ4v) is 0. The van der Waals surface area contributed by atoms with Gasteiger partial charge in [-0.05, 0) is 13.8 Å². The van der Waals surface area contributed by atoms with E-state index in [2.05, 4.69) is 25.3 Å². The van der Waals surface area contributed by atoms with Crippen molar-refractivity contribution in [2.24, 2.45) is 0 Å². The number of carbonyl (C=O) groups is 2. The molecular weight excluding hydrogens is 282 g/mol. The standard InChI is InChI=1S/2C2H4OS.Ba/c2*1-2(3)4;/h2*1H3,(H,3,4);/q;;+2/p-2. The first kappa shape index (κ1) is 16.7. The maximum atomic E-state index is 9.26. The van der Waals surface area contributed by atoms with E-state index < -0.39 is 0 Å². The predicted molar refractivity (Wildman–Crippen MR) is 41.8 cm³/mol. The molecule has 0 atom stereocenters. The second-order valence-corrected chi connectivity index (χ2v) is 2.13. The summed E-state index contributed by atoms with van der Waals surface area (Å²) in [6.07, 6.45) is 0. The molecule has 0 fully saturated rings. The molecule has 0 aliphatic heterocycles. The van der Waals surface area contributed by atoms with Gasteiger partial charge in [0.05, 0.1) is 0 Å². The van der Waals surface area contributed by atoms with Crippen molar-refractivity contribution in [1.29, 1.82) is 0 Å². The van der Waals surface area contributed by atoms with Gasteiger partial charge >= 0.3 is 48.9 Å². The van der Waals surface area contributed by atoms with Gasteiger partial charge in [0.2, 0.25) is 0 Å². The van der Waals surface area contributed by atoms with Crippen LogP contribution in [-0.2, 0) is 34.8 Å². The Hall–Kier alpha value is 1.35. The molecule has 5 heteroatoms. The van der Waals surface area contributed by atoms with Crippen LogP contribution in [0.25, 0.3) is 0 Å². The molecule has 0 aliphatic rings. The second-order valence-electron chi connectivity index (χ2n) is 0.983. The molecule has 48 valence electrons. The van der Waals surface area contributed by atoms with Crippen LogP contribution in [0, 0.1) is 0 Å². The van der Waals surface area contributed by atoms with Crippen molar-refractivity contribution in [3.05, 3.63) is 0 Å². The topological polar surface area (TPSA) is 34.1 Å². The molecule has 0 saturated heterocycles. The predicted octanol–water partition coefficient (Wildman–Crippen LogP) is -0.221. The van der Waals surface area contributed by atoms with Gasteiger partial charge in [-0.25, -0.2) is 0 Å². The largest absolute Gasteiger partial charge is 2.00 e. The van der Waals surface area contributed by atoms with E-state index in [0.29, 0.717) is 0 Å². The summed E-state index contributed by atoms with van der Waals surface area (Å²) in [6, 6.07) is 0. The van der Waals surface area contributed by atoms with Crippen molar-refractivity contribution >= 4 is 84.4 Å². The Morgan fingerprint density at radius 3 is 1.00 bits per heavy atom. The van der Waals surface area contributed by atoms with E-state index in [4.69, 9.17) is 0 Å². The van der Waals surface area contributed by atoms with Gasteiger partial charge < -0.3 is 34.8 Å². The van der Waals surface area contributed by atoms with Crippen LogP contribution in [0.15, 0.2) is 0 Å². The summed E-state index contributed by atoms with van der Waals surface area (Å²) in [6.45, 7) is 2.69. The van der Waals surface area contributed by atoms with Crippen LogP contribution >= 0.6 is 0 Å². The second kappa shape index (κ2) is 12.1. The number of hydrogen-bond acceptors (Lipinski definition) is 4. The van der Waals surface area contributed by atoms with E-state index in [-0.39, 0.29) is 59.1 Å². The molecule has 0 heterocycles. The van der Waals surface area contributed by atoms with E-state index in [1.807, 2.05) is 0 Å². The minimum Gasteiger partial charge on any atom is -0.742 e. The maximum absolute atomic E-state index is 9.26. The zero-order chi connectivity index (χ0) is 7.15. The molecule has 0 N–H and O–H groups in total. The van der Waals surface area contributed by atoms with Crippen molar-refractivity contribution < 1.29 is 9.59 Å². The first-order valence-corrected chi connectivity index (χ1v) is 2.63. The molecule has 0 aromatic carbocycles. The summed E-state index contributed by atoms with van der Waals surface area (Å²) < 4.78 is 0. The molecule has 0 aliphatic carbocycles. The molecular formula is C4H6BaO2S2. The summed E-state index contributed by atoms with van der Waals surface area (Å²) in [5, 5.41) is -0.500. The third kappa shape index (κ3) is 277. The van der Waals surface area contributed by atoms with Gasteiger partial charge in [-0.1, -0.05) is 0 Å². The summed E-state index contributed by atoms with van der Waals surface area (Å²) in [7, 11) is 0. The normalized spacial score (nSPS) is 5.56. The van der Waals surface area contributed by atoms with Crippen molar-refractivity contribution in [1.82, 2.24) is 0 Å². The van der Waals surface area contributed by atoms with Crippen LogP contribution in [-0.4, -0.2) is 59.1 Å². The molecule has 0 aromatic heterocycles. The molecule has 9 heavy (non-hydrogen) atoms. The van der Waals surface area contributed by atoms with E-state index in [9.17, 15) is 9.59 Å². The van der Waals surface area contributed by atoms with Crippen LogP contribution in [0.4, 0.5) is 0 Å². The molecule has 0 spiro atoms. The monoisotopic (exact) mass is 288 g/mol. The van der Waals surface area contributed by atoms with Gasteiger partial charge in [0, 0.05) is 10.2 Å². The van der Waals surface area contributed by atoms with Crippen LogP contribution in [0.5, 0.6) is 0 Å². The van der Waals surface area contributed by atoms with Gasteiger partial charge in [-0.15, -0.1) is 0 Å². The van der Waals surface area contributed by atoms with Crippen molar-refractivity contribution in [3.8, 4) is 0 Å². The van der Waals surface area contributed by atoms with E-state index in [1.165, 1.54) is 13.8 Å². The van der Waals surface area contributed by atoms with Gasteiger partial charge in [0.25, 0.3) is 0 Å². The zero-order valence-corrected chi connectivity index (χ0v) is 11.4. The van der Waals surface area contributed by atoms with Crippen LogP contribution in [0.3, 0.4) is 0 Å². The quantitative estimate of drug-likeness (QED) is 0.456. The van der Waals surface area contributed by atoms with E-state index >= 15 is 0 Å². The average Bonchev–Trinajstić information content (AvgIpc) is 1.25. The smallest absolute Gasteiger partial charge is 0.742 e. The van der Waals surface area contributed by atoms with Crippen LogP contribution < -0.4 is 0 Å². The van der Waals surface area contributed by atoms with Crippen molar-refractivity contribution in [2.75, 3.05) is 0 Å². The van der Waals surface area contributed by atoms with Gasteiger partial charge in [0.15, 0.2) is 0 Å². The van der Waals surface area contributed by atoms with Crippen molar-refractivity contribution in [2.45, 2.75) is 13.8 Å². The molecule has 0 aromatic rings. The first-order chi connectivity index (χ1) is 3.46. The van der Waals surface area contributed by atoms with Crippen LogP contribution in [0.2, 0.25) is 0 Å². The molecule has 0 saturated carbocycles. The molecule has 0 radical (unpaired) electrons. The maximum Gasteiger partial charge on any atom is 2.00 e. The summed E-state index contributed by atoms with van der Waals surface area (Å²) in [4.78, 5) is 18.5. The fraction of sp³-hybridized carbons (Fsp3) is 0.500. The Balaban J connectivity index is -0.0000000720. The zero-order valence-electron chi connectivity index (χ0n) is 5.34. The van der Waals surface area contributed by atoms with Crippen LogP contribution in [0.1, 0.15) is 13.8 Å². The fourth-order valence-electron chi connectivity index (χ4n) is 0. The molecule has 0 bridgehead atoms. The Morgan fingerprint density at radius 1 is 1.00 bits per heavy atom. The first-order valence-electron chi connectivity index (χ1n) is 1.82. The third-order valence-corrected chi connectivity index (χ3v) is 0. The summed E-state index contributed by atoms with van der Waals surface area (Å²) >= 11 is 7.96. The van der Waals surface area contributed by atoms with E-state index in [0.717, 1.165) is 0 Å². The summed E-state index contributed by atoms with van der Waals surface area (Å²) in [5.74, 6) is 0. The minimum atomic E-state index is -0.250. The summed E-state index contributed by atoms with van der Waals surface area (Å²) in [5.41, 5.74) is 0. The minimum absolute atomic E-state index is 0. The number of carbonyl (C=O) groups excluding carboxylic acids is 2. The molecule has 0 unspecified atom stereocenters. The Morgan fingerprint density at radius 2 is 1.00 bits per heavy atom. The van der Waals surface area contributed by atoms with E-state index in [1.54, 1.807) is 0 Å². The SMILES string of the molecule is CC(=O)[S-].CC(=O)[S-].[Ba+2]. The Bertz CT molecular complexity index is 74.6. The van der Waals surface area contributed by atoms with Gasteiger partial charge in [-0.2, -0.15) is 0 Å². The number of hydrogen-bond donors (Lipinski definition) is 0. The van der Waals surface area contributed by atoms with Crippen molar-refractivity contribution in [3.63, 3.8) is 0 Å². The van der Waals surface area contributed by atoms with Gasteiger partial charge in [0.1, 0.15) is 0 Å².